The van der Waals surface area contributed by atoms with E-state index in [4.69, 9.17) is 4.74 Å². The Balaban J connectivity index is 2.21. The molecular weight excluding hydrogens is 280 g/mol. The molecule has 5 heteroatoms. The lowest BCUT2D eigenvalue weighted by Gasteiger charge is -2.11. The van der Waals surface area contributed by atoms with E-state index in [-0.39, 0.29) is 11.8 Å². The van der Waals surface area contributed by atoms with E-state index >= 15 is 0 Å². The summed E-state index contributed by atoms with van der Waals surface area (Å²) in [5.41, 5.74) is 1.49. The van der Waals surface area contributed by atoms with Crippen LogP contribution in [-0.2, 0) is 0 Å². The van der Waals surface area contributed by atoms with Crippen LogP contribution in [0.25, 0.3) is 0 Å². The number of amides is 2. The number of hydrogen-bond acceptors (Lipinski definition) is 3. The van der Waals surface area contributed by atoms with Gasteiger partial charge in [0.15, 0.2) is 0 Å². The first kappa shape index (κ1) is 15.6. The molecule has 0 aromatic heterocycles. The molecule has 0 atom stereocenters. The van der Waals surface area contributed by atoms with E-state index in [0.717, 1.165) is 0 Å². The van der Waals surface area contributed by atoms with Crippen molar-refractivity contribution in [3.63, 3.8) is 0 Å². The quantitative estimate of drug-likeness (QED) is 0.892. The Morgan fingerprint density at radius 1 is 1.05 bits per heavy atom. The second-order valence-electron chi connectivity index (χ2n) is 4.54. The summed E-state index contributed by atoms with van der Waals surface area (Å²) in [5, 5.41) is 5.33. The van der Waals surface area contributed by atoms with E-state index in [1.807, 2.05) is 13.0 Å². The molecule has 2 aromatic carbocycles. The third-order valence-corrected chi connectivity index (χ3v) is 3.04. The van der Waals surface area contributed by atoms with E-state index < -0.39 is 0 Å². The van der Waals surface area contributed by atoms with Gasteiger partial charge in [0.2, 0.25) is 0 Å². The van der Waals surface area contributed by atoms with Crippen LogP contribution in [0.1, 0.15) is 27.6 Å². The zero-order valence-electron chi connectivity index (χ0n) is 12.6. The first-order chi connectivity index (χ1) is 10.7. The number of carbonyl (C=O) groups excluding carboxylic acids is 2. The van der Waals surface area contributed by atoms with Gasteiger partial charge < -0.3 is 15.4 Å². The molecule has 0 aliphatic carbocycles. The minimum absolute atomic E-state index is 0.203. The van der Waals surface area contributed by atoms with Crippen molar-refractivity contribution in [3.05, 3.63) is 59.7 Å². The molecular formula is C17H18N2O3. The average Bonchev–Trinajstić information content (AvgIpc) is 2.55. The molecule has 0 radical (unpaired) electrons. The van der Waals surface area contributed by atoms with Gasteiger partial charge in [-0.15, -0.1) is 0 Å². The molecule has 0 aliphatic rings. The lowest BCUT2D eigenvalue weighted by Crippen LogP contribution is -2.18. The Kier molecular flexibility index (Phi) is 5.14. The minimum Gasteiger partial charge on any atom is -0.493 e. The van der Waals surface area contributed by atoms with Gasteiger partial charge in [-0.25, -0.2) is 0 Å². The fraction of sp³-hybridized carbons (Fsp3) is 0.176. The number of para-hydroxylation sites is 1. The summed E-state index contributed by atoms with van der Waals surface area (Å²) in [7, 11) is 1.56. The maximum atomic E-state index is 12.4. The Morgan fingerprint density at radius 2 is 1.82 bits per heavy atom. The number of ether oxygens (including phenoxy) is 1. The van der Waals surface area contributed by atoms with E-state index in [9.17, 15) is 9.59 Å². The van der Waals surface area contributed by atoms with Gasteiger partial charge in [0.05, 0.1) is 12.2 Å². The van der Waals surface area contributed by atoms with Gasteiger partial charge in [0.25, 0.3) is 11.8 Å². The van der Waals surface area contributed by atoms with Crippen molar-refractivity contribution in [2.45, 2.75) is 6.92 Å². The highest BCUT2D eigenvalue weighted by Crippen LogP contribution is 2.20. The second kappa shape index (κ2) is 7.26. The van der Waals surface area contributed by atoms with Crippen LogP contribution in [0.4, 0.5) is 5.69 Å². The van der Waals surface area contributed by atoms with Gasteiger partial charge in [-0.05, 0) is 37.3 Å². The summed E-state index contributed by atoms with van der Waals surface area (Å²) < 4.78 is 5.45. The molecule has 0 aliphatic heterocycles. The fourth-order valence-electron chi connectivity index (χ4n) is 2.02. The number of nitrogens with one attached hydrogen (secondary N) is 2. The van der Waals surface area contributed by atoms with Crippen LogP contribution >= 0.6 is 0 Å². The molecule has 0 unspecified atom stereocenters. The molecule has 114 valence electrons. The molecule has 5 nitrogen and oxygen atoms in total. The molecule has 2 rings (SSSR count). The summed E-state index contributed by atoms with van der Waals surface area (Å²) in [4.78, 5) is 24.0. The van der Waals surface area contributed by atoms with Crippen LogP contribution in [0, 0.1) is 0 Å². The van der Waals surface area contributed by atoms with Crippen molar-refractivity contribution < 1.29 is 14.3 Å². The minimum atomic E-state index is -0.280. The van der Waals surface area contributed by atoms with Crippen LogP contribution < -0.4 is 15.4 Å². The summed E-state index contributed by atoms with van der Waals surface area (Å²) >= 11 is 0. The Morgan fingerprint density at radius 3 is 2.55 bits per heavy atom. The fourth-order valence-corrected chi connectivity index (χ4v) is 2.02. The van der Waals surface area contributed by atoms with Crippen molar-refractivity contribution in [2.75, 3.05) is 19.0 Å². The highest BCUT2D eigenvalue weighted by atomic mass is 16.5. The summed E-state index contributed by atoms with van der Waals surface area (Å²) in [6.45, 7) is 2.35. The topological polar surface area (TPSA) is 67.4 Å². The standard InChI is InChI=1S/C17H18N2O3/c1-3-22-15-10-5-4-9-14(15)17(21)19-13-8-6-7-12(11-13)16(20)18-2/h4-11H,3H2,1-2H3,(H,18,20)(H,19,21). The highest BCUT2D eigenvalue weighted by Gasteiger charge is 2.12. The lowest BCUT2D eigenvalue weighted by atomic mass is 10.1. The SMILES string of the molecule is CCOc1ccccc1C(=O)Nc1cccc(C(=O)NC)c1. The number of benzene rings is 2. The summed E-state index contributed by atoms with van der Waals surface area (Å²) in [5.74, 6) is 0.0499. The van der Waals surface area contributed by atoms with Gasteiger partial charge >= 0.3 is 0 Å². The maximum absolute atomic E-state index is 12.4. The zero-order valence-corrected chi connectivity index (χ0v) is 12.6. The van der Waals surface area contributed by atoms with Gasteiger partial charge in [-0.2, -0.15) is 0 Å². The van der Waals surface area contributed by atoms with Crippen molar-refractivity contribution in [1.29, 1.82) is 0 Å². The predicted molar refractivity (Wildman–Crippen MR) is 85.4 cm³/mol. The van der Waals surface area contributed by atoms with Crippen LogP contribution in [0.2, 0.25) is 0 Å². The van der Waals surface area contributed by atoms with E-state index in [2.05, 4.69) is 10.6 Å². The average molecular weight is 298 g/mol. The van der Waals surface area contributed by atoms with E-state index in [1.165, 1.54) is 0 Å². The molecule has 0 spiro atoms. The van der Waals surface area contributed by atoms with Gasteiger partial charge in [-0.3, -0.25) is 9.59 Å². The monoisotopic (exact) mass is 298 g/mol. The highest BCUT2D eigenvalue weighted by molar-refractivity contribution is 6.06. The number of anilines is 1. The second-order valence-corrected chi connectivity index (χ2v) is 4.54. The molecule has 0 fully saturated rings. The maximum Gasteiger partial charge on any atom is 0.259 e. The third kappa shape index (κ3) is 3.63. The van der Waals surface area contributed by atoms with Gasteiger partial charge in [0, 0.05) is 18.3 Å². The Labute approximate surface area is 129 Å². The molecule has 0 saturated heterocycles. The molecule has 2 amide bonds. The van der Waals surface area contributed by atoms with Crippen molar-refractivity contribution in [2.24, 2.45) is 0 Å². The van der Waals surface area contributed by atoms with E-state index in [0.29, 0.717) is 29.2 Å². The van der Waals surface area contributed by atoms with Crippen LogP contribution in [-0.4, -0.2) is 25.5 Å². The molecule has 2 N–H and O–H groups in total. The largest absolute Gasteiger partial charge is 0.493 e. The summed E-state index contributed by atoms with van der Waals surface area (Å²) in [6, 6.07) is 13.8. The third-order valence-electron chi connectivity index (χ3n) is 3.04. The molecule has 0 bridgehead atoms. The normalized spacial score (nSPS) is 9.91. The van der Waals surface area contributed by atoms with E-state index in [1.54, 1.807) is 49.5 Å². The number of hydrogen-bond donors (Lipinski definition) is 2. The number of rotatable bonds is 5. The van der Waals surface area contributed by atoms with Gasteiger partial charge in [-0.1, -0.05) is 18.2 Å². The molecule has 2 aromatic rings. The van der Waals surface area contributed by atoms with Crippen LogP contribution in [0.3, 0.4) is 0 Å². The van der Waals surface area contributed by atoms with Crippen LogP contribution in [0.15, 0.2) is 48.5 Å². The number of carbonyl (C=O) groups is 2. The smallest absolute Gasteiger partial charge is 0.259 e. The first-order valence-electron chi connectivity index (χ1n) is 7.01. The lowest BCUT2D eigenvalue weighted by molar-refractivity contribution is 0.0961. The molecule has 0 heterocycles. The predicted octanol–water partition coefficient (Wildman–Crippen LogP) is 2.70. The van der Waals surface area contributed by atoms with Crippen LogP contribution in [0.5, 0.6) is 5.75 Å². The van der Waals surface area contributed by atoms with Crippen molar-refractivity contribution >= 4 is 17.5 Å². The van der Waals surface area contributed by atoms with Crippen molar-refractivity contribution in [3.8, 4) is 5.75 Å². The van der Waals surface area contributed by atoms with Crippen molar-refractivity contribution in [1.82, 2.24) is 5.32 Å². The summed E-state index contributed by atoms with van der Waals surface area (Å²) in [6.07, 6.45) is 0. The Hall–Kier alpha value is -2.82. The molecule has 0 saturated carbocycles. The van der Waals surface area contributed by atoms with Gasteiger partial charge in [0.1, 0.15) is 5.75 Å². The zero-order chi connectivity index (χ0) is 15.9. The Bertz CT molecular complexity index is 683. The first-order valence-corrected chi connectivity index (χ1v) is 7.01. The molecule has 22 heavy (non-hydrogen) atoms.